The van der Waals surface area contributed by atoms with Gasteiger partial charge in [-0.15, -0.1) is 0 Å². The third-order valence-corrected chi connectivity index (χ3v) is 15.2. The van der Waals surface area contributed by atoms with E-state index in [0.29, 0.717) is 59.3 Å². The lowest BCUT2D eigenvalue weighted by Gasteiger charge is -2.20. The fraction of sp³-hybridized carbons (Fsp3) is 0.382. The minimum Gasteiger partial charge on any atom is -0.387 e. The summed E-state index contributed by atoms with van der Waals surface area (Å²) in [6.07, 6.45) is -4.51. The van der Waals surface area contributed by atoms with Crippen LogP contribution in [0.15, 0.2) is 134 Å². The van der Waals surface area contributed by atoms with Crippen molar-refractivity contribution in [2.45, 2.75) is 87.3 Å². The molecule has 0 aliphatic carbocycles. The van der Waals surface area contributed by atoms with Crippen LogP contribution in [0.5, 0.6) is 0 Å². The predicted molar refractivity (Wildman–Crippen MR) is 291 cm³/mol. The maximum absolute atomic E-state index is 12.4. The fourth-order valence-corrected chi connectivity index (χ4v) is 10.8. The van der Waals surface area contributed by atoms with Gasteiger partial charge < -0.3 is 55.7 Å². The number of rotatable bonds is 22. The smallest absolute Gasteiger partial charge is 0.211 e. The van der Waals surface area contributed by atoms with Crippen molar-refractivity contribution < 1.29 is 47.8 Å². The Morgan fingerprint density at radius 2 is 0.974 bits per heavy atom. The second-order valence-corrected chi connectivity index (χ2v) is 20.9. The van der Waals surface area contributed by atoms with Crippen LogP contribution in [0.25, 0.3) is 22.3 Å². The molecule has 22 nitrogen and oxygen atoms in total. The number of benzene rings is 4. The lowest BCUT2D eigenvalue weighted by atomic mass is 9.91. The Bertz CT molecular complexity index is 3210. The summed E-state index contributed by atoms with van der Waals surface area (Å²) in [5.74, 6) is 1.61. The maximum Gasteiger partial charge on any atom is 0.211 e. The van der Waals surface area contributed by atoms with Gasteiger partial charge in [0.2, 0.25) is 10.0 Å². The van der Waals surface area contributed by atoms with Gasteiger partial charge in [0.1, 0.15) is 48.3 Å². The molecule has 8 aromatic rings. The highest BCUT2D eigenvalue weighted by molar-refractivity contribution is 7.89. The number of fused-ring (bicyclic) bond motifs is 2. The molecule has 78 heavy (non-hydrogen) atoms. The Morgan fingerprint density at radius 1 is 0.590 bits per heavy atom. The van der Waals surface area contributed by atoms with Gasteiger partial charge in [-0.2, -0.15) is 0 Å². The van der Waals surface area contributed by atoms with Crippen molar-refractivity contribution in [3.63, 3.8) is 0 Å². The molecule has 4 aromatic carbocycles. The molecule has 412 valence electrons. The molecule has 6 heterocycles. The van der Waals surface area contributed by atoms with Crippen LogP contribution in [-0.2, 0) is 42.1 Å². The van der Waals surface area contributed by atoms with E-state index in [0.717, 1.165) is 11.1 Å². The number of sulfonamides is 1. The van der Waals surface area contributed by atoms with Gasteiger partial charge in [-0.25, -0.2) is 43.0 Å². The molecule has 2 fully saturated rings. The predicted octanol–water partition coefficient (Wildman–Crippen LogP) is 3.96. The molecule has 0 saturated carbocycles. The molecule has 0 unspecified atom stereocenters. The highest BCUT2D eigenvalue weighted by atomic mass is 32.2. The van der Waals surface area contributed by atoms with Crippen LogP contribution in [0, 0.1) is 0 Å². The average Bonchev–Trinajstić information content (AvgIpc) is 4.28. The second kappa shape index (κ2) is 25.7. The largest absolute Gasteiger partial charge is 0.387 e. The van der Waals surface area contributed by atoms with E-state index in [9.17, 15) is 28.8 Å². The number of nitrogens with two attached hydrogens (primary N) is 1. The molecule has 2 saturated heterocycles. The van der Waals surface area contributed by atoms with Crippen molar-refractivity contribution in [3.8, 4) is 0 Å². The molecule has 10 rings (SSSR count). The summed E-state index contributed by atoms with van der Waals surface area (Å²) in [4.78, 5) is 27.4. The van der Waals surface area contributed by atoms with Gasteiger partial charge in [0, 0.05) is 39.1 Å². The zero-order valence-corrected chi connectivity index (χ0v) is 44.3. The molecule has 8 atom stereocenters. The number of imidazole rings is 2. The monoisotopic (exact) mass is 1090 g/mol. The highest BCUT2D eigenvalue weighted by Crippen LogP contribution is 2.36. The van der Waals surface area contributed by atoms with E-state index < -0.39 is 59.1 Å². The third-order valence-electron chi connectivity index (χ3n) is 13.7. The topological polar surface area (TPSA) is 301 Å². The summed E-state index contributed by atoms with van der Waals surface area (Å²) in [5, 5.41) is 49.2. The standard InChI is InChI=1S/C29H36N6O6S.C26H30N6O4/c1-3-14-42(38,39)32-16-23-33-27(30-15-21(19-10-6-4-7-11-19)20-12-8-5-9-13-20)24-28(34-23)35(18-31-24)29-26(37)25(36)22(41-29)17-40-2;1-35-14-19-22(33)23(34)26(36-19)32-15-29-21-24(30-20(12-27)31-25(21)32)28-13-18(16-8-4-2-5-9-16)17-10-6-3-7-11-17/h4-13,18,21-22,25-26,29,32,36-37H,3,14-17H2,1-2H3,(H,30,33,34);2-11,15,18-19,22-23,26,33-34H,12-14,27H2,1H3,(H,28,30,31)/t22-,25-,26-,29-;19-,22-,23-,26-/m11/s1. The number of anilines is 2. The van der Waals surface area contributed by atoms with Gasteiger partial charge >= 0.3 is 0 Å². The Morgan fingerprint density at radius 3 is 1.35 bits per heavy atom. The van der Waals surface area contributed by atoms with Gasteiger partial charge in [-0.1, -0.05) is 128 Å². The Kier molecular flexibility index (Phi) is 18.4. The molecule has 0 radical (unpaired) electrons. The van der Waals surface area contributed by atoms with Gasteiger partial charge in [-0.3, -0.25) is 9.13 Å². The van der Waals surface area contributed by atoms with E-state index in [2.05, 4.69) is 93.8 Å². The van der Waals surface area contributed by atoms with Crippen LogP contribution in [-0.4, -0.2) is 151 Å². The first-order valence-corrected chi connectivity index (χ1v) is 27.4. The molecule has 2 aliphatic rings. The first-order valence-electron chi connectivity index (χ1n) is 25.7. The number of aliphatic hydroxyl groups is 4. The second-order valence-electron chi connectivity index (χ2n) is 19.0. The number of methoxy groups -OCH3 is 2. The summed E-state index contributed by atoms with van der Waals surface area (Å²) in [6.45, 7) is 3.04. The zero-order valence-electron chi connectivity index (χ0n) is 43.4. The minimum absolute atomic E-state index is 0.0176. The number of hydrogen-bond acceptors (Lipinski definition) is 19. The molecule has 9 N–H and O–H groups in total. The molecule has 0 bridgehead atoms. The number of ether oxygens (including phenoxy) is 4. The number of hydrogen-bond donors (Lipinski definition) is 8. The quantitative estimate of drug-likeness (QED) is 0.0476. The van der Waals surface area contributed by atoms with E-state index in [1.54, 1.807) is 11.5 Å². The van der Waals surface area contributed by atoms with Gasteiger partial charge in [-0.05, 0) is 28.7 Å². The molecule has 4 aromatic heterocycles. The molecule has 0 amide bonds. The number of aliphatic hydroxyl groups excluding tert-OH is 4. The first-order chi connectivity index (χ1) is 37.9. The Hall–Kier alpha value is -6.87. The van der Waals surface area contributed by atoms with Crippen LogP contribution in [0.1, 0.15) is 71.5 Å². The SMILES string of the molecule is CCCS(=O)(=O)NCc1nc(NCC(c2ccccc2)c2ccccc2)c2ncn([C@@H]3O[C@H](COC)[C@@H](O)[C@H]3O)c2n1.COC[C@H]1O[C@@H](n2cnc3c(NCC(c4ccccc4)c4ccccc4)nc(CN)nc32)[C@H](O)[C@@H]1O. The van der Waals surface area contributed by atoms with Crippen LogP contribution >= 0.6 is 0 Å². The van der Waals surface area contributed by atoms with Gasteiger partial charge in [0.05, 0.1) is 44.7 Å². The zero-order chi connectivity index (χ0) is 54.8. The van der Waals surface area contributed by atoms with E-state index in [4.69, 9.17) is 24.7 Å². The highest BCUT2D eigenvalue weighted by Gasteiger charge is 2.45. The number of nitrogens with one attached hydrogen (secondary N) is 3. The van der Waals surface area contributed by atoms with Gasteiger partial charge in [0.15, 0.2) is 46.4 Å². The molecule has 23 heteroatoms. The van der Waals surface area contributed by atoms with Crippen molar-refractivity contribution in [1.29, 1.82) is 0 Å². The van der Waals surface area contributed by atoms with Crippen molar-refractivity contribution in [2.75, 3.05) is 56.9 Å². The van der Waals surface area contributed by atoms with Crippen LogP contribution in [0.2, 0.25) is 0 Å². The Labute approximate surface area is 451 Å². The van der Waals surface area contributed by atoms with Crippen LogP contribution < -0.4 is 21.1 Å². The van der Waals surface area contributed by atoms with Crippen molar-refractivity contribution >= 4 is 44.0 Å². The fourth-order valence-electron chi connectivity index (χ4n) is 9.74. The van der Waals surface area contributed by atoms with Crippen molar-refractivity contribution in [2.24, 2.45) is 5.73 Å². The third kappa shape index (κ3) is 12.7. The summed E-state index contributed by atoms with van der Waals surface area (Å²) in [7, 11) is -0.523. The molecule has 2 aliphatic heterocycles. The average molecular weight is 1090 g/mol. The summed E-state index contributed by atoms with van der Waals surface area (Å²) in [5.41, 5.74) is 12.2. The lowest BCUT2D eigenvalue weighted by Crippen LogP contribution is -2.33. The van der Waals surface area contributed by atoms with Crippen molar-refractivity contribution in [1.82, 2.24) is 43.8 Å². The minimum atomic E-state index is -3.52. The summed E-state index contributed by atoms with van der Waals surface area (Å²) in [6, 6.07) is 40.7. The molecular formula is C55H66N12O10S. The maximum atomic E-state index is 12.4. The van der Waals surface area contributed by atoms with E-state index in [1.165, 1.54) is 42.6 Å². The van der Waals surface area contributed by atoms with E-state index >= 15 is 0 Å². The lowest BCUT2D eigenvalue weighted by molar-refractivity contribution is -0.0580. The number of aromatic nitrogens is 8. The van der Waals surface area contributed by atoms with Crippen molar-refractivity contribution in [3.05, 3.63) is 168 Å². The summed E-state index contributed by atoms with van der Waals surface area (Å²) >= 11 is 0. The van der Waals surface area contributed by atoms with Gasteiger partial charge in [0.25, 0.3) is 0 Å². The number of nitrogens with zero attached hydrogens (tertiary/aromatic N) is 8. The molecule has 0 spiro atoms. The molecular weight excluding hydrogens is 1020 g/mol. The normalized spacial score (nSPS) is 21.4. The van der Waals surface area contributed by atoms with E-state index in [1.807, 2.05) is 72.8 Å². The first kappa shape index (κ1) is 55.9. The summed E-state index contributed by atoms with van der Waals surface area (Å²) < 4.78 is 52.5. The van der Waals surface area contributed by atoms with Crippen LogP contribution in [0.3, 0.4) is 0 Å². The Balaban J connectivity index is 0.000000192. The van der Waals surface area contributed by atoms with E-state index in [-0.39, 0.29) is 49.7 Å². The van der Waals surface area contributed by atoms with Crippen LogP contribution in [0.4, 0.5) is 11.6 Å².